The normalized spacial score (nSPS) is 16.7. The lowest BCUT2D eigenvalue weighted by atomic mass is 9.83. The highest BCUT2D eigenvalue weighted by Gasteiger charge is 2.30. The van der Waals surface area contributed by atoms with E-state index in [1.54, 1.807) is 7.11 Å². The Kier molecular flexibility index (Phi) is 3.25. The summed E-state index contributed by atoms with van der Waals surface area (Å²) >= 11 is 0. The van der Waals surface area contributed by atoms with Crippen molar-refractivity contribution in [1.29, 1.82) is 5.26 Å². The molecule has 0 saturated carbocycles. The van der Waals surface area contributed by atoms with Gasteiger partial charge in [-0.3, -0.25) is 0 Å². The molecule has 2 aromatic rings. The van der Waals surface area contributed by atoms with Crippen LogP contribution in [0.2, 0.25) is 0 Å². The summed E-state index contributed by atoms with van der Waals surface area (Å²) in [5.74, 6) is 1.41. The summed E-state index contributed by atoms with van der Waals surface area (Å²) in [4.78, 5) is 0. The third-order valence-corrected chi connectivity index (χ3v) is 3.57. The Morgan fingerprint density at radius 1 is 1.14 bits per heavy atom. The van der Waals surface area contributed by atoms with E-state index < -0.39 is 0 Å². The van der Waals surface area contributed by atoms with Gasteiger partial charge in [-0.2, -0.15) is 5.26 Å². The van der Waals surface area contributed by atoms with Crippen molar-refractivity contribution in [3.05, 3.63) is 71.1 Å². The molecule has 1 aliphatic heterocycles. The van der Waals surface area contributed by atoms with Crippen LogP contribution in [0, 0.1) is 11.3 Å². The molecule has 0 bridgehead atoms. The molecule has 21 heavy (non-hydrogen) atoms. The van der Waals surface area contributed by atoms with E-state index in [0.717, 1.165) is 16.9 Å². The highest BCUT2D eigenvalue weighted by molar-refractivity contribution is 5.55. The Bertz CT molecular complexity index is 742. The van der Waals surface area contributed by atoms with Gasteiger partial charge in [0.05, 0.1) is 13.0 Å². The Hall–Kier alpha value is -2.93. The summed E-state index contributed by atoms with van der Waals surface area (Å²) in [5, 5.41) is 9.43. The molecule has 104 valence electrons. The van der Waals surface area contributed by atoms with Crippen LogP contribution < -0.4 is 15.2 Å². The molecular formula is C17H14N2O2. The topological polar surface area (TPSA) is 68.3 Å². The Balaban J connectivity index is 2.15. The van der Waals surface area contributed by atoms with Crippen molar-refractivity contribution in [2.45, 2.75) is 5.92 Å². The molecule has 2 aromatic carbocycles. The van der Waals surface area contributed by atoms with Crippen molar-refractivity contribution in [1.82, 2.24) is 0 Å². The molecule has 4 nitrogen and oxygen atoms in total. The number of para-hydroxylation sites is 1. The lowest BCUT2D eigenvalue weighted by molar-refractivity contribution is 0.393. The fraction of sp³-hybridized carbons (Fsp3) is 0.118. The van der Waals surface area contributed by atoms with Gasteiger partial charge < -0.3 is 15.2 Å². The number of ether oxygens (including phenoxy) is 2. The summed E-state index contributed by atoms with van der Waals surface area (Å²) < 4.78 is 10.7. The molecule has 1 aliphatic rings. The molecule has 0 fully saturated rings. The summed E-state index contributed by atoms with van der Waals surface area (Å²) in [6, 6.07) is 17.4. The number of benzene rings is 2. The molecule has 0 amide bonds. The quantitative estimate of drug-likeness (QED) is 0.917. The van der Waals surface area contributed by atoms with Gasteiger partial charge in [0.15, 0.2) is 0 Å². The van der Waals surface area contributed by atoms with Gasteiger partial charge >= 0.3 is 0 Å². The SMILES string of the molecule is COc1ccc(C2C(C#N)=C(N)Oc3ccccc32)cc1. The zero-order chi connectivity index (χ0) is 14.8. The van der Waals surface area contributed by atoms with Crippen molar-refractivity contribution in [2.75, 3.05) is 7.11 Å². The van der Waals surface area contributed by atoms with Crippen LogP contribution in [0.5, 0.6) is 11.5 Å². The molecule has 2 N–H and O–H groups in total. The molecule has 1 atom stereocenters. The minimum Gasteiger partial charge on any atom is -0.497 e. The molecule has 1 unspecified atom stereocenters. The fourth-order valence-electron chi connectivity index (χ4n) is 2.55. The second kappa shape index (κ2) is 5.22. The number of hydrogen-bond donors (Lipinski definition) is 1. The van der Waals surface area contributed by atoms with E-state index in [1.807, 2.05) is 48.5 Å². The smallest absolute Gasteiger partial charge is 0.205 e. The Morgan fingerprint density at radius 3 is 2.52 bits per heavy atom. The zero-order valence-corrected chi connectivity index (χ0v) is 11.5. The van der Waals surface area contributed by atoms with Crippen LogP contribution in [-0.2, 0) is 0 Å². The molecule has 0 spiro atoms. The highest BCUT2D eigenvalue weighted by Crippen LogP contribution is 2.41. The average molecular weight is 278 g/mol. The molecule has 0 saturated heterocycles. The summed E-state index contributed by atoms with van der Waals surface area (Å²) in [6.45, 7) is 0. The number of hydrogen-bond acceptors (Lipinski definition) is 4. The Morgan fingerprint density at radius 2 is 1.86 bits per heavy atom. The molecule has 3 rings (SSSR count). The maximum Gasteiger partial charge on any atom is 0.205 e. The maximum absolute atomic E-state index is 9.43. The predicted octanol–water partition coefficient (Wildman–Crippen LogP) is 2.91. The molecule has 1 heterocycles. The maximum atomic E-state index is 9.43. The van der Waals surface area contributed by atoms with Gasteiger partial charge in [-0.1, -0.05) is 30.3 Å². The molecule has 4 heteroatoms. The first-order valence-electron chi connectivity index (χ1n) is 6.55. The minimum absolute atomic E-state index is 0.164. The number of nitrogens with two attached hydrogens (primary N) is 1. The summed E-state index contributed by atoms with van der Waals surface area (Å²) in [6.07, 6.45) is 0. The number of fused-ring (bicyclic) bond motifs is 1. The van der Waals surface area contributed by atoms with Crippen molar-refractivity contribution in [2.24, 2.45) is 5.73 Å². The van der Waals surface area contributed by atoms with Crippen LogP contribution in [0.1, 0.15) is 17.0 Å². The highest BCUT2D eigenvalue weighted by atomic mass is 16.5. The van der Waals surface area contributed by atoms with Gasteiger partial charge in [0.2, 0.25) is 5.88 Å². The Labute approximate surface area is 123 Å². The number of nitrogens with zero attached hydrogens (tertiary/aromatic N) is 1. The third kappa shape index (κ3) is 2.19. The lowest BCUT2D eigenvalue weighted by Crippen LogP contribution is -2.20. The molecular weight excluding hydrogens is 264 g/mol. The number of nitriles is 1. The van der Waals surface area contributed by atoms with Crippen LogP contribution in [0.25, 0.3) is 0 Å². The van der Waals surface area contributed by atoms with Crippen LogP contribution in [0.4, 0.5) is 0 Å². The van der Waals surface area contributed by atoms with Crippen LogP contribution in [0.15, 0.2) is 60.0 Å². The first-order chi connectivity index (χ1) is 10.2. The van der Waals surface area contributed by atoms with Crippen LogP contribution in [0.3, 0.4) is 0 Å². The second-order valence-corrected chi connectivity index (χ2v) is 4.74. The summed E-state index contributed by atoms with van der Waals surface area (Å²) in [7, 11) is 1.62. The first kappa shape index (κ1) is 13.1. The van der Waals surface area contributed by atoms with Crippen molar-refractivity contribution >= 4 is 0 Å². The van der Waals surface area contributed by atoms with Gasteiger partial charge in [0.1, 0.15) is 23.1 Å². The first-order valence-corrected chi connectivity index (χ1v) is 6.55. The van der Waals surface area contributed by atoms with Gasteiger partial charge in [0.25, 0.3) is 0 Å². The van der Waals surface area contributed by atoms with Crippen LogP contribution in [-0.4, -0.2) is 7.11 Å². The minimum atomic E-state index is -0.217. The lowest BCUT2D eigenvalue weighted by Gasteiger charge is -2.26. The third-order valence-electron chi connectivity index (χ3n) is 3.57. The van der Waals surface area contributed by atoms with E-state index in [4.69, 9.17) is 15.2 Å². The zero-order valence-electron chi connectivity index (χ0n) is 11.5. The van der Waals surface area contributed by atoms with E-state index >= 15 is 0 Å². The monoisotopic (exact) mass is 278 g/mol. The average Bonchev–Trinajstić information content (AvgIpc) is 2.53. The van der Waals surface area contributed by atoms with Gasteiger partial charge in [-0.25, -0.2) is 0 Å². The van der Waals surface area contributed by atoms with Crippen molar-refractivity contribution in [3.8, 4) is 17.6 Å². The van der Waals surface area contributed by atoms with E-state index in [0.29, 0.717) is 11.3 Å². The van der Waals surface area contributed by atoms with Crippen molar-refractivity contribution < 1.29 is 9.47 Å². The number of allylic oxidation sites excluding steroid dienone is 1. The standard InChI is InChI=1S/C17H14N2O2/c1-20-12-8-6-11(7-9-12)16-13-4-2-3-5-15(13)21-17(19)14(16)10-18/h2-9,16H,19H2,1H3. The van der Waals surface area contributed by atoms with Gasteiger partial charge in [-0.15, -0.1) is 0 Å². The second-order valence-electron chi connectivity index (χ2n) is 4.74. The molecule has 0 aromatic heterocycles. The number of methoxy groups -OCH3 is 1. The molecule has 0 aliphatic carbocycles. The molecule has 0 radical (unpaired) electrons. The van der Waals surface area contributed by atoms with E-state index in [9.17, 15) is 5.26 Å². The largest absolute Gasteiger partial charge is 0.497 e. The summed E-state index contributed by atoms with van der Waals surface area (Å²) in [5.41, 5.74) is 8.24. The predicted molar refractivity (Wildman–Crippen MR) is 78.7 cm³/mol. The number of rotatable bonds is 2. The van der Waals surface area contributed by atoms with Gasteiger partial charge in [-0.05, 0) is 23.8 Å². The van der Waals surface area contributed by atoms with E-state index in [-0.39, 0.29) is 11.8 Å². The fourth-order valence-corrected chi connectivity index (χ4v) is 2.55. The van der Waals surface area contributed by atoms with E-state index in [1.165, 1.54) is 0 Å². The van der Waals surface area contributed by atoms with Crippen LogP contribution >= 0.6 is 0 Å². The van der Waals surface area contributed by atoms with Gasteiger partial charge in [0, 0.05) is 5.56 Å². The van der Waals surface area contributed by atoms with E-state index in [2.05, 4.69) is 6.07 Å². The van der Waals surface area contributed by atoms with Crippen molar-refractivity contribution in [3.63, 3.8) is 0 Å².